The van der Waals surface area contributed by atoms with E-state index in [4.69, 9.17) is 4.74 Å². The number of benzene rings is 2. The number of hydrogen-bond acceptors (Lipinski definition) is 6. The van der Waals surface area contributed by atoms with Crippen molar-refractivity contribution in [2.45, 2.75) is 11.4 Å². The van der Waals surface area contributed by atoms with Crippen LogP contribution in [0.15, 0.2) is 47.4 Å². The SMILES string of the molecule is COc1ccc([N+](=O)[O-])cc1NCc1cccc(S(=O)(=O)N(C)C)c1. The van der Waals surface area contributed by atoms with Gasteiger partial charge in [-0.15, -0.1) is 0 Å². The van der Waals surface area contributed by atoms with Crippen molar-refractivity contribution >= 4 is 21.4 Å². The minimum atomic E-state index is -3.52. The molecule has 0 aliphatic rings. The van der Waals surface area contributed by atoms with Crippen molar-refractivity contribution in [1.82, 2.24) is 4.31 Å². The Balaban J connectivity index is 2.25. The van der Waals surface area contributed by atoms with Crippen LogP contribution in [0.25, 0.3) is 0 Å². The lowest BCUT2D eigenvalue weighted by Gasteiger charge is -2.14. The fourth-order valence-electron chi connectivity index (χ4n) is 2.17. The number of non-ortho nitro benzene ring substituents is 1. The molecule has 8 nitrogen and oxygen atoms in total. The molecular weight excluding hydrogens is 346 g/mol. The molecule has 0 radical (unpaired) electrons. The largest absolute Gasteiger partial charge is 0.495 e. The molecule has 0 fully saturated rings. The molecule has 0 spiro atoms. The smallest absolute Gasteiger partial charge is 0.271 e. The van der Waals surface area contributed by atoms with Gasteiger partial charge >= 0.3 is 0 Å². The molecule has 2 rings (SSSR count). The summed E-state index contributed by atoms with van der Waals surface area (Å²) < 4.78 is 30.7. The first kappa shape index (κ1) is 18.7. The minimum Gasteiger partial charge on any atom is -0.495 e. The van der Waals surface area contributed by atoms with E-state index in [1.807, 2.05) is 0 Å². The average Bonchev–Trinajstić information content (AvgIpc) is 2.59. The van der Waals surface area contributed by atoms with Crippen LogP contribution in [0.3, 0.4) is 0 Å². The summed E-state index contributed by atoms with van der Waals surface area (Å²) in [6.07, 6.45) is 0. The van der Waals surface area contributed by atoms with Crippen LogP contribution in [0.1, 0.15) is 5.56 Å². The monoisotopic (exact) mass is 365 g/mol. The van der Waals surface area contributed by atoms with Crippen molar-refractivity contribution in [3.05, 3.63) is 58.1 Å². The van der Waals surface area contributed by atoms with E-state index in [1.54, 1.807) is 18.2 Å². The van der Waals surface area contributed by atoms with E-state index in [2.05, 4.69) is 5.32 Å². The van der Waals surface area contributed by atoms with Crippen LogP contribution in [0.4, 0.5) is 11.4 Å². The first-order valence-electron chi connectivity index (χ1n) is 7.33. The molecule has 25 heavy (non-hydrogen) atoms. The van der Waals surface area contributed by atoms with Crippen molar-refractivity contribution in [2.75, 3.05) is 26.5 Å². The van der Waals surface area contributed by atoms with Crippen molar-refractivity contribution in [3.63, 3.8) is 0 Å². The molecular formula is C16H19N3O5S. The van der Waals surface area contributed by atoms with E-state index in [9.17, 15) is 18.5 Å². The lowest BCUT2D eigenvalue weighted by Crippen LogP contribution is -2.22. The summed E-state index contributed by atoms with van der Waals surface area (Å²) >= 11 is 0. The van der Waals surface area contributed by atoms with Gasteiger partial charge in [0.25, 0.3) is 5.69 Å². The zero-order chi connectivity index (χ0) is 18.6. The predicted octanol–water partition coefficient (Wildman–Crippen LogP) is 2.47. The number of nitro benzene ring substituents is 1. The van der Waals surface area contributed by atoms with Gasteiger partial charge in [0.1, 0.15) is 5.75 Å². The number of rotatable bonds is 7. The molecule has 0 aromatic heterocycles. The number of nitrogens with zero attached hydrogens (tertiary/aromatic N) is 2. The number of sulfonamides is 1. The molecule has 0 aliphatic heterocycles. The van der Waals surface area contributed by atoms with Crippen LogP contribution < -0.4 is 10.1 Å². The summed E-state index contributed by atoms with van der Waals surface area (Å²) in [4.78, 5) is 10.6. The fourth-order valence-corrected chi connectivity index (χ4v) is 3.14. The maximum Gasteiger partial charge on any atom is 0.271 e. The number of anilines is 1. The highest BCUT2D eigenvalue weighted by Crippen LogP contribution is 2.29. The van der Waals surface area contributed by atoms with Gasteiger partial charge in [-0.3, -0.25) is 10.1 Å². The maximum absolute atomic E-state index is 12.2. The minimum absolute atomic E-state index is 0.0627. The Morgan fingerprint density at radius 1 is 1.20 bits per heavy atom. The third-order valence-electron chi connectivity index (χ3n) is 3.55. The molecule has 0 unspecified atom stereocenters. The Morgan fingerprint density at radius 2 is 1.92 bits per heavy atom. The van der Waals surface area contributed by atoms with Gasteiger partial charge in [0.05, 0.1) is 22.6 Å². The van der Waals surface area contributed by atoms with Crippen molar-refractivity contribution < 1.29 is 18.1 Å². The first-order valence-corrected chi connectivity index (χ1v) is 8.77. The lowest BCUT2D eigenvalue weighted by atomic mass is 10.2. The van der Waals surface area contributed by atoms with Crippen molar-refractivity contribution in [2.24, 2.45) is 0 Å². The Bertz CT molecular complexity index is 881. The highest BCUT2D eigenvalue weighted by molar-refractivity contribution is 7.89. The van der Waals surface area contributed by atoms with Crippen LogP contribution in [0, 0.1) is 10.1 Å². The van der Waals surface area contributed by atoms with E-state index in [1.165, 1.54) is 45.5 Å². The molecule has 2 aromatic carbocycles. The van der Waals surface area contributed by atoms with Crippen molar-refractivity contribution in [1.29, 1.82) is 0 Å². The van der Waals surface area contributed by atoms with Gasteiger partial charge in [0.15, 0.2) is 0 Å². The molecule has 1 N–H and O–H groups in total. The van der Waals surface area contributed by atoms with Crippen LogP contribution >= 0.6 is 0 Å². The number of hydrogen-bond donors (Lipinski definition) is 1. The summed E-state index contributed by atoms with van der Waals surface area (Å²) in [5, 5.41) is 14.0. The Morgan fingerprint density at radius 3 is 2.52 bits per heavy atom. The number of methoxy groups -OCH3 is 1. The maximum atomic E-state index is 12.2. The van der Waals surface area contributed by atoms with E-state index in [-0.39, 0.29) is 17.1 Å². The van der Waals surface area contributed by atoms with Gasteiger partial charge < -0.3 is 10.1 Å². The van der Waals surface area contributed by atoms with Crippen LogP contribution in [-0.4, -0.2) is 38.9 Å². The molecule has 9 heteroatoms. The van der Waals surface area contributed by atoms with Gasteiger partial charge in [-0.2, -0.15) is 0 Å². The quantitative estimate of drug-likeness (QED) is 0.597. The average molecular weight is 365 g/mol. The summed E-state index contributed by atoms with van der Waals surface area (Å²) in [6, 6.07) is 10.7. The summed E-state index contributed by atoms with van der Waals surface area (Å²) in [7, 11) is 0.880. The number of nitro groups is 1. The normalized spacial score (nSPS) is 11.4. The van der Waals surface area contributed by atoms with Gasteiger partial charge in [-0.1, -0.05) is 12.1 Å². The molecule has 0 bridgehead atoms. The van der Waals surface area contributed by atoms with Crippen LogP contribution in [0.2, 0.25) is 0 Å². The molecule has 2 aromatic rings. The third kappa shape index (κ3) is 4.25. The summed E-state index contributed by atoms with van der Waals surface area (Å²) in [5.41, 5.74) is 1.11. The van der Waals surface area contributed by atoms with E-state index >= 15 is 0 Å². The lowest BCUT2D eigenvalue weighted by molar-refractivity contribution is -0.384. The highest BCUT2D eigenvalue weighted by Gasteiger charge is 2.17. The zero-order valence-corrected chi connectivity index (χ0v) is 14.9. The predicted molar refractivity (Wildman–Crippen MR) is 94.3 cm³/mol. The van der Waals surface area contributed by atoms with Gasteiger partial charge in [0, 0.05) is 32.8 Å². The van der Waals surface area contributed by atoms with Gasteiger partial charge in [-0.25, -0.2) is 12.7 Å². The molecule has 0 atom stereocenters. The molecule has 0 aliphatic carbocycles. The molecule has 0 amide bonds. The second-order valence-electron chi connectivity index (χ2n) is 5.43. The highest BCUT2D eigenvalue weighted by atomic mass is 32.2. The molecule has 0 saturated heterocycles. The third-order valence-corrected chi connectivity index (χ3v) is 5.36. The fraction of sp³-hybridized carbons (Fsp3) is 0.250. The Kier molecular flexibility index (Phi) is 5.60. The van der Waals surface area contributed by atoms with E-state index in [0.29, 0.717) is 11.4 Å². The molecule has 0 heterocycles. The topological polar surface area (TPSA) is 102 Å². The van der Waals surface area contributed by atoms with Crippen LogP contribution in [-0.2, 0) is 16.6 Å². The summed E-state index contributed by atoms with van der Waals surface area (Å²) in [5.74, 6) is 0.461. The second-order valence-corrected chi connectivity index (χ2v) is 7.58. The van der Waals surface area contributed by atoms with Crippen molar-refractivity contribution in [3.8, 4) is 5.75 Å². The summed E-state index contributed by atoms with van der Waals surface area (Å²) in [6.45, 7) is 0.286. The standard InChI is InChI=1S/C16H19N3O5S/c1-18(2)25(22,23)14-6-4-5-12(9-14)11-17-15-10-13(19(20)21)7-8-16(15)24-3/h4-10,17H,11H2,1-3H3. The second kappa shape index (κ2) is 7.49. The van der Waals surface area contributed by atoms with Crippen LogP contribution in [0.5, 0.6) is 5.75 Å². The van der Waals surface area contributed by atoms with Gasteiger partial charge in [-0.05, 0) is 23.8 Å². The molecule has 0 saturated carbocycles. The van der Waals surface area contributed by atoms with E-state index < -0.39 is 14.9 Å². The Hall–Kier alpha value is -2.65. The number of ether oxygens (including phenoxy) is 1. The van der Waals surface area contributed by atoms with Gasteiger partial charge in [0.2, 0.25) is 10.0 Å². The first-order chi connectivity index (χ1) is 11.8. The molecule has 134 valence electrons. The Labute approximate surface area is 146 Å². The van der Waals surface area contributed by atoms with E-state index in [0.717, 1.165) is 9.87 Å². The zero-order valence-electron chi connectivity index (χ0n) is 14.1. The number of nitrogens with one attached hydrogen (secondary N) is 1.